The van der Waals surface area contributed by atoms with Gasteiger partial charge in [-0.2, -0.15) is 0 Å². The molecule has 1 heterocycles. The van der Waals surface area contributed by atoms with E-state index >= 15 is 0 Å². The van der Waals surface area contributed by atoms with Crippen LogP contribution in [0, 0.1) is 5.82 Å². The summed E-state index contributed by atoms with van der Waals surface area (Å²) in [7, 11) is -0.857. The standard InChI is InChI=1S/C18H18ClFN2O3S/c1-21(2)26(24,25)14-6-7-16(19)15(11-14)18(23)22-9-3-4-12-10-13(20)5-8-17(12)22/h5-8,10-11H,3-4,9H2,1-2H3. The highest BCUT2D eigenvalue weighted by Crippen LogP contribution is 2.31. The molecule has 5 nitrogen and oxygen atoms in total. The maximum absolute atomic E-state index is 13.5. The van der Waals surface area contributed by atoms with Crippen LogP contribution in [-0.2, 0) is 16.4 Å². The number of anilines is 1. The molecule has 26 heavy (non-hydrogen) atoms. The highest BCUT2D eigenvalue weighted by molar-refractivity contribution is 7.89. The third kappa shape index (κ3) is 3.34. The Morgan fingerprint density at radius 1 is 1.19 bits per heavy atom. The third-order valence-corrected chi connectivity index (χ3v) is 6.49. The Balaban J connectivity index is 2.05. The average molecular weight is 397 g/mol. The van der Waals surface area contributed by atoms with Gasteiger partial charge in [0.2, 0.25) is 10.0 Å². The van der Waals surface area contributed by atoms with E-state index in [0.29, 0.717) is 25.1 Å². The number of nitrogens with zero attached hydrogens (tertiary/aromatic N) is 2. The number of halogens is 2. The van der Waals surface area contributed by atoms with Crippen molar-refractivity contribution < 1.29 is 17.6 Å². The lowest BCUT2D eigenvalue weighted by atomic mass is 10.0. The molecule has 2 aromatic rings. The van der Waals surface area contributed by atoms with E-state index in [0.717, 1.165) is 9.87 Å². The molecule has 0 spiro atoms. The molecule has 0 N–H and O–H groups in total. The van der Waals surface area contributed by atoms with E-state index in [-0.39, 0.29) is 21.3 Å². The molecule has 0 unspecified atom stereocenters. The van der Waals surface area contributed by atoms with Crippen molar-refractivity contribution in [3.8, 4) is 0 Å². The summed E-state index contributed by atoms with van der Waals surface area (Å²) in [6.07, 6.45) is 1.37. The number of carbonyl (C=O) groups excluding carboxylic acids is 1. The first kappa shape index (κ1) is 18.8. The van der Waals surface area contributed by atoms with Crippen LogP contribution >= 0.6 is 11.6 Å². The quantitative estimate of drug-likeness (QED) is 0.799. The molecule has 1 aliphatic rings. The Labute approximate surface area is 157 Å². The van der Waals surface area contributed by atoms with Crippen LogP contribution in [0.4, 0.5) is 10.1 Å². The molecule has 0 fully saturated rings. The zero-order chi connectivity index (χ0) is 19.1. The summed E-state index contributed by atoms with van der Waals surface area (Å²) in [4.78, 5) is 14.6. The molecule has 0 saturated carbocycles. The summed E-state index contributed by atoms with van der Waals surface area (Å²) < 4.78 is 39.2. The van der Waals surface area contributed by atoms with Crippen molar-refractivity contribution in [3.63, 3.8) is 0 Å². The van der Waals surface area contributed by atoms with E-state index in [1.165, 1.54) is 49.3 Å². The Kier molecular flexibility index (Phi) is 5.05. The molecular formula is C18H18ClFN2O3S. The molecule has 0 saturated heterocycles. The van der Waals surface area contributed by atoms with Gasteiger partial charge in [-0.15, -0.1) is 0 Å². The molecule has 0 radical (unpaired) electrons. The number of benzene rings is 2. The van der Waals surface area contributed by atoms with Gasteiger partial charge in [-0.3, -0.25) is 4.79 Å². The highest BCUT2D eigenvalue weighted by atomic mass is 35.5. The van der Waals surface area contributed by atoms with E-state index in [9.17, 15) is 17.6 Å². The third-order valence-electron chi connectivity index (χ3n) is 4.35. The predicted octanol–water partition coefficient (Wildman–Crippen LogP) is 3.32. The van der Waals surface area contributed by atoms with Gasteiger partial charge in [0.1, 0.15) is 5.82 Å². The summed E-state index contributed by atoms with van der Waals surface area (Å²) >= 11 is 6.18. The number of sulfonamides is 1. The second-order valence-electron chi connectivity index (χ2n) is 6.26. The van der Waals surface area contributed by atoms with E-state index in [2.05, 4.69) is 0 Å². The number of aryl methyl sites for hydroxylation is 1. The second-order valence-corrected chi connectivity index (χ2v) is 8.82. The van der Waals surface area contributed by atoms with Gasteiger partial charge in [-0.1, -0.05) is 11.6 Å². The summed E-state index contributed by atoms with van der Waals surface area (Å²) in [5, 5.41) is 0.168. The molecule has 0 atom stereocenters. The Morgan fingerprint density at radius 2 is 1.92 bits per heavy atom. The number of amides is 1. The van der Waals surface area contributed by atoms with E-state index in [4.69, 9.17) is 11.6 Å². The molecule has 138 valence electrons. The van der Waals surface area contributed by atoms with Crippen LogP contribution in [0.25, 0.3) is 0 Å². The smallest absolute Gasteiger partial charge is 0.259 e. The number of fused-ring (bicyclic) bond motifs is 1. The van der Waals surface area contributed by atoms with Gasteiger partial charge in [0.25, 0.3) is 5.91 Å². The zero-order valence-corrected chi connectivity index (χ0v) is 15.9. The fraction of sp³-hybridized carbons (Fsp3) is 0.278. The molecule has 0 bridgehead atoms. The lowest BCUT2D eigenvalue weighted by Gasteiger charge is -2.30. The lowest BCUT2D eigenvalue weighted by Crippen LogP contribution is -2.36. The molecule has 8 heteroatoms. The first-order valence-electron chi connectivity index (χ1n) is 8.04. The molecule has 2 aromatic carbocycles. The largest absolute Gasteiger partial charge is 0.308 e. The van der Waals surface area contributed by atoms with Crippen LogP contribution < -0.4 is 4.90 Å². The predicted molar refractivity (Wildman–Crippen MR) is 98.7 cm³/mol. The molecule has 3 rings (SSSR count). The first-order valence-corrected chi connectivity index (χ1v) is 9.86. The van der Waals surface area contributed by atoms with Gasteiger partial charge in [0.05, 0.1) is 15.5 Å². The maximum atomic E-state index is 13.5. The van der Waals surface area contributed by atoms with E-state index in [1.807, 2.05) is 0 Å². The summed E-state index contributed by atoms with van der Waals surface area (Å²) in [6, 6.07) is 8.35. The van der Waals surface area contributed by atoms with Gasteiger partial charge in [0.15, 0.2) is 0 Å². The average Bonchev–Trinajstić information content (AvgIpc) is 2.60. The van der Waals surface area contributed by atoms with Crippen molar-refractivity contribution in [1.29, 1.82) is 0 Å². The minimum absolute atomic E-state index is 0.00779. The van der Waals surface area contributed by atoms with Gasteiger partial charge in [0, 0.05) is 26.3 Å². The monoisotopic (exact) mass is 396 g/mol. The van der Waals surface area contributed by atoms with Crippen molar-refractivity contribution in [2.45, 2.75) is 17.7 Å². The zero-order valence-electron chi connectivity index (χ0n) is 14.4. The van der Waals surface area contributed by atoms with Crippen molar-refractivity contribution in [2.24, 2.45) is 0 Å². The molecule has 1 aliphatic heterocycles. The summed E-state index contributed by atoms with van der Waals surface area (Å²) in [5.74, 6) is -0.756. The van der Waals surface area contributed by atoms with Crippen LogP contribution in [0.2, 0.25) is 5.02 Å². The van der Waals surface area contributed by atoms with Crippen molar-refractivity contribution in [1.82, 2.24) is 4.31 Å². The van der Waals surface area contributed by atoms with Crippen molar-refractivity contribution in [2.75, 3.05) is 25.5 Å². The molecular weight excluding hydrogens is 379 g/mol. The summed E-state index contributed by atoms with van der Waals surface area (Å²) in [5.41, 5.74) is 1.48. The van der Waals surface area contributed by atoms with Crippen LogP contribution in [0.1, 0.15) is 22.3 Å². The Hall–Kier alpha value is -1.96. The first-order chi connectivity index (χ1) is 12.2. The van der Waals surface area contributed by atoms with E-state index in [1.54, 1.807) is 6.07 Å². The van der Waals surface area contributed by atoms with Crippen LogP contribution in [-0.4, -0.2) is 39.3 Å². The topological polar surface area (TPSA) is 57.7 Å². The second kappa shape index (κ2) is 6.98. The molecule has 0 aromatic heterocycles. The number of carbonyl (C=O) groups is 1. The number of hydrogen-bond acceptors (Lipinski definition) is 3. The van der Waals surface area contributed by atoms with Crippen LogP contribution in [0.15, 0.2) is 41.3 Å². The SMILES string of the molecule is CN(C)S(=O)(=O)c1ccc(Cl)c(C(=O)N2CCCc3cc(F)ccc32)c1. The van der Waals surface area contributed by atoms with Gasteiger partial charge in [-0.05, 0) is 54.8 Å². The molecule has 0 aliphatic carbocycles. The fourth-order valence-electron chi connectivity index (χ4n) is 2.96. The van der Waals surface area contributed by atoms with Crippen molar-refractivity contribution >= 4 is 33.2 Å². The van der Waals surface area contributed by atoms with Crippen molar-refractivity contribution in [3.05, 3.63) is 58.4 Å². The normalized spacial score (nSPS) is 14.4. The summed E-state index contributed by atoms with van der Waals surface area (Å²) in [6.45, 7) is 0.457. The minimum atomic E-state index is -3.69. The fourth-order valence-corrected chi connectivity index (χ4v) is 4.09. The van der Waals surface area contributed by atoms with Crippen LogP contribution in [0.5, 0.6) is 0 Å². The highest BCUT2D eigenvalue weighted by Gasteiger charge is 2.27. The van der Waals surface area contributed by atoms with E-state index < -0.39 is 15.9 Å². The van der Waals surface area contributed by atoms with Gasteiger partial charge < -0.3 is 4.90 Å². The van der Waals surface area contributed by atoms with Crippen LogP contribution in [0.3, 0.4) is 0 Å². The maximum Gasteiger partial charge on any atom is 0.259 e. The van der Waals surface area contributed by atoms with Gasteiger partial charge in [-0.25, -0.2) is 17.1 Å². The number of rotatable bonds is 3. The molecule has 1 amide bonds. The van der Waals surface area contributed by atoms with Gasteiger partial charge >= 0.3 is 0 Å². The Bertz CT molecular complexity index is 976. The minimum Gasteiger partial charge on any atom is -0.308 e. The number of hydrogen-bond donors (Lipinski definition) is 0. The lowest BCUT2D eigenvalue weighted by molar-refractivity contribution is 0.0985. The Morgan fingerprint density at radius 3 is 2.62 bits per heavy atom.